The lowest BCUT2D eigenvalue weighted by molar-refractivity contribution is -0.143. The van der Waals surface area contributed by atoms with Crippen molar-refractivity contribution in [1.82, 2.24) is 5.32 Å². The summed E-state index contributed by atoms with van der Waals surface area (Å²) in [5.41, 5.74) is 0. The normalized spacial score (nSPS) is 12.7. The Bertz CT molecular complexity index is 1340. The molecule has 0 saturated carbocycles. The average molecular weight is 1170 g/mol. The Morgan fingerprint density at radius 2 is 0.602 bits per heavy atom. The summed E-state index contributed by atoms with van der Waals surface area (Å²) >= 11 is 0. The second-order valence-electron chi connectivity index (χ2n) is 26.0. The number of nitrogens with one attached hydrogen (secondary N) is 1. The Balaban J connectivity index is 3.31. The number of aliphatic hydroxyl groups is 2. The van der Waals surface area contributed by atoms with E-state index < -0.39 is 12.1 Å². The largest absolute Gasteiger partial charge is 0.466 e. The van der Waals surface area contributed by atoms with Crippen LogP contribution in [-0.2, 0) is 14.3 Å². The Morgan fingerprint density at radius 1 is 0.337 bits per heavy atom. The van der Waals surface area contributed by atoms with Gasteiger partial charge in [0.05, 0.1) is 25.4 Å². The third-order valence-electron chi connectivity index (χ3n) is 17.7. The Hall–Kier alpha value is -1.92. The molecule has 0 aromatic rings. The van der Waals surface area contributed by atoms with E-state index in [1.165, 1.54) is 340 Å². The molecule has 1 amide bonds. The number of rotatable bonds is 71. The zero-order chi connectivity index (χ0) is 59.9. The molecule has 0 fully saturated rings. The number of carbonyl (C=O) groups is 2. The first-order valence-electron chi connectivity index (χ1n) is 37.8. The molecule has 0 aliphatic rings. The van der Waals surface area contributed by atoms with Gasteiger partial charge >= 0.3 is 5.97 Å². The lowest BCUT2D eigenvalue weighted by atomic mass is 10.0. The van der Waals surface area contributed by atoms with Crippen molar-refractivity contribution in [3.63, 3.8) is 0 Å². The fraction of sp³-hybridized carbons (Fsp3) is 0.896. The van der Waals surface area contributed by atoms with Crippen LogP contribution in [-0.4, -0.2) is 47.4 Å². The molecule has 490 valence electrons. The van der Waals surface area contributed by atoms with Crippen LogP contribution in [0.2, 0.25) is 0 Å². The molecule has 6 heteroatoms. The van der Waals surface area contributed by atoms with E-state index in [9.17, 15) is 19.8 Å². The Labute approximate surface area is 519 Å². The number of unbranched alkanes of at least 4 members (excludes halogenated alkanes) is 56. The fourth-order valence-electron chi connectivity index (χ4n) is 11.9. The number of ether oxygens (including phenoxy) is 1. The first-order valence-corrected chi connectivity index (χ1v) is 37.8. The third kappa shape index (κ3) is 69.1. The molecule has 2 unspecified atom stereocenters. The third-order valence-corrected chi connectivity index (χ3v) is 17.7. The molecule has 0 saturated heterocycles. The second-order valence-corrected chi connectivity index (χ2v) is 26.0. The number of carbonyl (C=O) groups excluding carboxylic acids is 2. The molecule has 0 heterocycles. The van der Waals surface area contributed by atoms with E-state index in [4.69, 9.17) is 4.74 Å². The van der Waals surface area contributed by atoms with Gasteiger partial charge in [0, 0.05) is 12.8 Å². The van der Waals surface area contributed by atoms with E-state index in [0.29, 0.717) is 19.4 Å². The molecule has 0 aliphatic carbocycles. The SMILES string of the molecule is CCCCC/C=C\C/C=C\CCCCCCCCCCCC(=O)OCCCCCCCCCCCCCCCCCCCCCCCCCCCCCCCCCCCC(=O)NC(CO)C(O)/C=C/CCCCCCCCCCCCCC. The van der Waals surface area contributed by atoms with E-state index in [-0.39, 0.29) is 18.5 Å². The molecule has 0 aliphatic heterocycles. The number of hydrogen-bond donors (Lipinski definition) is 3. The number of allylic oxidation sites excluding steroid dienone is 5. The highest BCUT2D eigenvalue weighted by atomic mass is 16.5. The first kappa shape index (κ1) is 81.1. The maximum atomic E-state index is 12.5. The van der Waals surface area contributed by atoms with Gasteiger partial charge in [0.25, 0.3) is 0 Å². The van der Waals surface area contributed by atoms with Gasteiger partial charge in [-0.2, -0.15) is 0 Å². The fourth-order valence-corrected chi connectivity index (χ4v) is 11.9. The zero-order valence-corrected chi connectivity index (χ0v) is 56.2. The van der Waals surface area contributed by atoms with Gasteiger partial charge in [-0.25, -0.2) is 0 Å². The average Bonchev–Trinajstić information content (AvgIpc) is 3.49. The van der Waals surface area contributed by atoms with Crippen LogP contribution < -0.4 is 5.32 Å². The molecule has 0 aromatic carbocycles. The maximum absolute atomic E-state index is 12.5. The minimum Gasteiger partial charge on any atom is -0.466 e. The monoisotopic (exact) mass is 1170 g/mol. The van der Waals surface area contributed by atoms with Crippen molar-refractivity contribution in [3.05, 3.63) is 36.5 Å². The summed E-state index contributed by atoms with van der Waals surface area (Å²) in [4.78, 5) is 24.6. The van der Waals surface area contributed by atoms with E-state index in [0.717, 1.165) is 51.4 Å². The highest BCUT2D eigenvalue weighted by Gasteiger charge is 2.18. The molecule has 0 aromatic heterocycles. The summed E-state index contributed by atoms with van der Waals surface area (Å²) in [5, 5.41) is 23.2. The van der Waals surface area contributed by atoms with Crippen LogP contribution in [0.15, 0.2) is 36.5 Å². The van der Waals surface area contributed by atoms with Gasteiger partial charge in [-0.05, 0) is 64.2 Å². The maximum Gasteiger partial charge on any atom is 0.305 e. The highest BCUT2D eigenvalue weighted by molar-refractivity contribution is 5.76. The molecule has 0 spiro atoms. The molecule has 0 radical (unpaired) electrons. The van der Waals surface area contributed by atoms with Gasteiger partial charge in [0.2, 0.25) is 5.91 Å². The number of aliphatic hydroxyl groups excluding tert-OH is 2. The van der Waals surface area contributed by atoms with E-state index in [1.807, 2.05) is 6.08 Å². The van der Waals surface area contributed by atoms with Crippen LogP contribution in [0.4, 0.5) is 0 Å². The molecule has 6 nitrogen and oxygen atoms in total. The molecule has 83 heavy (non-hydrogen) atoms. The van der Waals surface area contributed by atoms with Crippen LogP contribution in [0.5, 0.6) is 0 Å². The molecular weight excluding hydrogens is 1020 g/mol. The summed E-state index contributed by atoms with van der Waals surface area (Å²) in [5.74, 6) is -0.0429. The smallest absolute Gasteiger partial charge is 0.305 e. The van der Waals surface area contributed by atoms with E-state index in [1.54, 1.807) is 6.08 Å². The highest BCUT2D eigenvalue weighted by Crippen LogP contribution is 2.19. The van der Waals surface area contributed by atoms with Crippen molar-refractivity contribution in [2.24, 2.45) is 0 Å². The summed E-state index contributed by atoms with van der Waals surface area (Å²) < 4.78 is 5.51. The van der Waals surface area contributed by atoms with Gasteiger partial charge in [-0.3, -0.25) is 9.59 Å². The van der Waals surface area contributed by atoms with Crippen molar-refractivity contribution in [3.8, 4) is 0 Å². The summed E-state index contributed by atoms with van der Waals surface area (Å²) in [6.07, 6.45) is 94.0. The van der Waals surface area contributed by atoms with Crippen LogP contribution in [0.1, 0.15) is 418 Å². The van der Waals surface area contributed by atoms with Crippen molar-refractivity contribution in [1.29, 1.82) is 0 Å². The van der Waals surface area contributed by atoms with Gasteiger partial charge < -0.3 is 20.3 Å². The van der Waals surface area contributed by atoms with Crippen molar-refractivity contribution in [2.75, 3.05) is 13.2 Å². The second kappa shape index (κ2) is 72.6. The van der Waals surface area contributed by atoms with Crippen molar-refractivity contribution in [2.45, 2.75) is 431 Å². The van der Waals surface area contributed by atoms with Gasteiger partial charge in [0.15, 0.2) is 0 Å². The Kier molecular flexibility index (Phi) is 70.9. The minimum absolute atomic E-state index is 0.0182. The van der Waals surface area contributed by atoms with Crippen LogP contribution in [0.25, 0.3) is 0 Å². The van der Waals surface area contributed by atoms with Crippen LogP contribution in [0.3, 0.4) is 0 Å². The lowest BCUT2D eigenvalue weighted by Crippen LogP contribution is -2.45. The Morgan fingerprint density at radius 3 is 0.940 bits per heavy atom. The lowest BCUT2D eigenvalue weighted by Gasteiger charge is -2.20. The molecule has 2 atom stereocenters. The number of esters is 1. The van der Waals surface area contributed by atoms with Gasteiger partial charge in [-0.1, -0.05) is 378 Å². The minimum atomic E-state index is -0.840. The molecule has 0 rings (SSSR count). The predicted octanol–water partition coefficient (Wildman–Crippen LogP) is 24.7. The first-order chi connectivity index (χ1) is 41.0. The van der Waals surface area contributed by atoms with Gasteiger partial charge in [-0.15, -0.1) is 0 Å². The van der Waals surface area contributed by atoms with Crippen molar-refractivity contribution < 1.29 is 24.5 Å². The molecule has 3 N–H and O–H groups in total. The van der Waals surface area contributed by atoms with Crippen LogP contribution >= 0.6 is 0 Å². The predicted molar refractivity (Wildman–Crippen MR) is 366 cm³/mol. The van der Waals surface area contributed by atoms with E-state index >= 15 is 0 Å². The zero-order valence-electron chi connectivity index (χ0n) is 56.2. The topological polar surface area (TPSA) is 95.9 Å². The van der Waals surface area contributed by atoms with Crippen molar-refractivity contribution >= 4 is 11.9 Å². The van der Waals surface area contributed by atoms with E-state index in [2.05, 4.69) is 43.5 Å². The number of hydrogen-bond acceptors (Lipinski definition) is 5. The van der Waals surface area contributed by atoms with Gasteiger partial charge in [0.1, 0.15) is 0 Å². The number of amides is 1. The quantitative estimate of drug-likeness (QED) is 0.0320. The standard InChI is InChI=1S/C77H147NO5/c1-3-5-7-9-11-13-15-17-19-20-36-40-43-47-51-55-59-63-67-71-77(82)83-72-68-64-60-56-52-48-44-41-38-35-33-31-29-27-25-23-21-22-24-26-28-30-32-34-37-39-42-46-50-54-58-62-66-70-76(81)78-74(73-79)75(80)69-65-61-57-53-49-45-18-16-14-12-10-8-6-4-2/h11,13,17,19,65,69,74-75,79-80H,3-10,12,14-16,18,20-64,66-68,70-73H2,1-2H3,(H,78,81)/b13-11-,19-17-,69-65+. The summed E-state index contributed by atoms with van der Waals surface area (Å²) in [6, 6.07) is -0.624. The molecule has 0 bridgehead atoms. The summed E-state index contributed by atoms with van der Waals surface area (Å²) in [6.45, 7) is 4.91. The summed E-state index contributed by atoms with van der Waals surface area (Å²) in [7, 11) is 0. The van der Waals surface area contributed by atoms with Crippen LogP contribution in [0, 0.1) is 0 Å². The molecular formula is C77H147NO5.